The van der Waals surface area contributed by atoms with Gasteiger partial charge in [0, 0.05) is 16.1 Å². The third-order valence-corrected chi connectivity index (χ3v) is 5.23. The monoisotopic (exact) mass is 405 g/mol. The summed E-state index contributed by atoms with van der Waals surface area (Å²) >= 11 is 1.38. The second kappa shape index (κ2) is 9.21. The van der Waals surface area contributed by atoms with E-state index >= 15 is 0 Å². The molecule has 0 saturated carbocycles. The number of ketones is 1. The van der Waals surface area contributed by atoms with Gasteiger partial charge in [0.2, 0.25) is 0 Å². The number of hydrogen-bond donors (Lipinski definition) is 2. The maximum absolute atomic E-state index is 12.5. The zero-order valence-electron chi connectivity index (χ0n) is 15.7. The lowest BCUT2D eigenvalue weighted by Gasteiger charge is -2.09. The molecule has 0 atom stereocenters. The van der Waals surface area contributed by atoms with Crippen molar-refractivity contribution < 1.29 is 19.5 Å². The van der Waals surface area contributed by atoms with E-state index in [1.807, 2.05) is 37.3 Å². The lowest BCUT2D eigenvalue weighted by molar-refractivity contribution is 0.0692. The fourth-order valence-electron chi connectivity index (χ4n) is 2.70. The van der Waals surface area contributed by atoms with Crippen LogP contribution in [0.3, 0.4) is 0 Å². The van der Waals surface area contributed by atoms with Crippen LogP contribution >= 0.6 is 11.8 Å². The maximum atomic E-state index is 12.5. The first-order valence-corrected chi connectivity index (χ1v) is 9.89. The number of carboxylic acids is 1. The molecule has 0 saturated heterocycles. The van der Waals surface area contributed by atoms with Crippen LogP contribution in [0.5, 0.6) is 0 Å². The van der Waals surface area contributed by atoms with Crippen molar-refractivity contribution in [3.05, 3.63) is 95.1 Å². The molecule has 0 aromatic heterocycles. The van der Waals surface area contributed by atoms with Crippen molar-refractivity contribution in [3.63, 3.8) is 0 Å². The summed E-state index contributed by atoms with van der Waals surface area (Å²) in [6.07, 6.45) is 0. The predicted molar refractivity (Wildman–Crippen MR) is 114 cm³/mol. The first-order chi connectivity index (χ1) is 13.9. The van der Waals surface area contributed by atoms with Gasteiger partial charge in [-0.05, 0) is 37.3 Å². The van der Waals surface area contributed by atoms with E-state index in [0.717, 1.165) is 10.5 Å². The smallest absolute Gasteiger partial charge is 0.336 e. The van der Waals surface area contributed by atoms with E-state index in [0.29, 0.717) is 11.3 Å². The Hall–Kier alpha value is -3.38. The van der Waals surface area contributed by atoms with Gasteiger partial charge in [0.25, 0.3) is 5.91 Å². The quantitative estimate of drug-likeness (QED) is 0.431. The van der Waals surface area contributed by atoms with Gasteiger partial charge in [0.1, 0.15) is 0 Å². The van der Waals surface area contributed by atoms with Gasteiger partial charge in [-0.2, -0.15) is 0 Å². The Labute approximate surface area is 172 Å². The average molecular weight is 405 g/mol. The number of amides is 1. The van der Waals surface area contributed by atoms with Gasteiger partial charge in [-0.3, -0.25) is 9.59 Å². The summed E-state index contributed by atoms with van der Waals surface area (Å²) < 4.78 is 0. The Kier molecular flexibility index (Phi) is 6.46. The number of rotatable bonds is 7. The number of aryl methyl sites for hydroxylation is 1. The lowest BCUT2D eigenvalue weighted by atomic mass is 10.1. The Morgan fingerprint density at radius 2 is 1.59 bits per heavy atom. The molecule has 3 rings (SSSR count). The molecule has 1 amide bonds. The van der Waals surface area contributed by atoms with Gasteiger partial charge >= 0.3 is 5.97 Å². The Balaban J connectivity index is 1.67. The molecule has 0 heterocycles. The highest BCUT2D eigenvalue weighted by Gasteiger charge is 2.16. The highest BCUT2D eigenvalue weighted by Crippen LogP contribution is 2.23. The summed E-state index contributed by atoms with van der Waals surface area (Å²) in [7, 11) is 0. The minimum Gasteiger partial charge on any atom is -0.478 e. The standard InChI is InChI=1S/C23H19NO4S/c1-15-9-11-16(12-10-15)21(25)14-29-18-6-4-5-17(13-18)24-22(26)19-7-2-3-8-20(19)23(27)28/h2-13H,14H2,1H3,(H,24,26)(H,27,28). The molecule has 0 spiro atoms. The normalized spacial score (nSPS) is 10.4. The summed E-state index contributed by atoms with van der Waals surface area (Å²) in [4.78, 5) is 37.0. The van der Waals surface area contributed by atoms with Gasteiger partial charge < -0.3 is 10.4 Å². The molecule has 0 fully saturated rings. The molecule has 6 heteroatoms. The second-order valence-corrected chi connectivity index (χ2v) is 7.46. The highest BCUT2D eigenvalue weighted by atomic mass is 32.2. The molecular formula is C23H19NO4S. The van der Waals surface area contributed by atoms with Gasteiger partial charge in [-0.15, -0.1) is 11.8 Å². The van der Waals surface area contributed by atoms with Crippen LogP contribution in [0, 0.1) is 6.92 Å². The largest absolute Gasteiger partial charge is 0.478 e. The molecule has 3 aromatic rings. The third kappa shape index (κ3) is 5.33. The topological polar surface area (TPSA) is 83.5 Å². The van der Waals surface area contributed by atoms with Crippen LogP contribution in [-0.4, -0.2) is 28.5 Å². The average Bonchev–Trinajstić information content (AvgIpc) is 2.72. The molecule has 0 aliphatic carbocycles. The van der Waals surface area contributed by atoms with Crippen LogP contribution < -0.4 is 5.32 Å². The first-order valence-electron chi connectivity index (χ1n) is 8.90. The number of anilines is 1. The number of hydrogen-bond acceptors (Lipinski definition) is 4. The molecule has 0 unspecified atom stereocenters. The van der Waals surface area contributed by atoms with E-state index in [4.69, 9.17) is 0 Å². The summed E-state index contributed by atoms with van der Waals surface area (Å²) in [5.74, 6) is -1.35. The summed E-state index contributed by atoms with van der Waals surface area (Å²) in [5.41, 5.74) is 2.33. The Bertz CT molecular complexity index is 1060. The number of aromatic carboxylic acids is 1. The number of Topliss-reactive ketones (excluding diaryl/α,β-unsaturated/α-hetero) is 1. The number of carboxylic acid groups (broad SMARTS) is 1. The van der Waals surface area contributed by atoms with Gasteiger partial charge in [0.15, 0.2) is 5.78 Å². The van der Waals surface area contributed by atoms with Crippen molar-refractivity contribution in [1.29, 1.82) is 0 Å². The fourth-order valence-corrected chi connectivity index (χ4v) is 3.55. The molecule has 2 N–H and O–H groups in total. The lowest BCUT2D eigenvalue weighted by Crippen LogP contribution is -2.16. The SMILES string of the molecule is Cc1ccc(C(=O)CSc2cccc(NC(=O)c3ccccc3C(=O)O)c2)cc1. The number of thioether (sulfide) groups is 1. The minimum atomic E-state index is -1.16. The molecule has 5 nitrogen and oxygen atoms in total. The molecule has 29 heavy (non-hydrogen) atoms. The van der Waals surface area contributed by atoms with E-state index in [1.165, 1.54) is 23.9 Å². The highest BCUT2D eigenvalue weighted by molar-refractivity contribution is 8.00. The van der Waals surface area contributed by atoms with Gasteiger partial charge in [-0.25, -0.2) is 4.79 Å². The zero-order chi connectivity index (χ0) is 20.8. The summed E-state index contributed by atoms with van der Waals surface area (Å²) in [6.45, 7) is 1.97. The van der Waals surface area contributed by atoms with Crippen molar-refractivity contribution in [2.45, 2.75) is 11.8 Å². The van der Waals surface area contributed by atoms with Gasteiger partial charge in [-0.1, -0.05) is 48.0 Å². The van der Waals surface area contributed by atoms with E-state index in [2.05, 4.69) is 5.32 Å². The molecule has 0 bridgehead atoms. The predicted octanol–water partition coefficient (Wildman–Crippen LogP) is 4.92. The van der Waals surface area contributed by atoms with Crippen molar-refractivity contribution in [1.82, 2.24) is 0 Å². The van der Waals surface area contributed by atoms with Crippen molar-refractivity contribution in [3.8, 4) is 0 Å². The second-order valence-electron chi connectivity index (χ2n) is 6.41. The molecule has 0 aliphatic heterocycles. The van der Waals surface area contributed by atoms with Gasteiger partial charge in [0.05, 0.1) is 16.9 Å². The molecular weight excluding hydrogens is 386 g/mol. The van der Waals surface area contributed by atoms with Crippen molar-refractivity contribution in [2.75, 3.05) is 11.1 Å². The van der Waals surface area contributed by atoms with Crippen LogP contribution in [0.25, 0.3) is 0 Å². The molecule has 0 radical (unpaired) electrons. The van der Waals surface area contributed by atoms with E-state index in [-0.39, 0.29) is 22.7 Å². The number of nitrogens with one attached hydrogen (secondary N) is 1. The van der Waals surface area contributed by atoms with Crippen LogP contribution in [-0.2, 0) is 0 Å². The maximum Gasteiger partial charge on any atom is 0.336 e. The van der Waals surface area contributed by atoms with Crippen LogP contribution in [0.2, 0.25) is 0 Å². The van der Waals surface area contributed by atoms with Crippen LogP contribution in [0.15, 0.2) is 77.7 Å². The zero-order valence-corrected chi connectivity index (χ0v) is 16.5. The molecule has 3 aromatic carbocycles. The van der Waals surface area contributed by atoms with Crippen LogP contribution in [0.4, 0.5) is 5.69 Å². The van der Waals surface area contributed by atoms with E-state index in [1.54, 1.807) is 30.3 Å². The summed E-state index contributed by atoms with van der Waals surface area (Å²) in [5, 5.41) is 12.0. The minimum absolute atomic E-state index is 0.0276. The Morgan fingerprint density at radius 1 is 0.897 bits per heavy atom. The summed E-state index contributed by atoms with van der Waals surface area (Å²) in [6, 6.07) is 20.6. The van der Waals surface area contributed by atoms with E-state index in [9.17, 15) is 19.5 Å². The fraction of sp³-hybridized carbons (Fsp3) is 0.0870. The number of carbonyl (C=O) groups is 3. The molecule has 146 valence electrons. The van der Waals surface area contributed by atoms with E-state index < -0.39 is 11.9 Å². The third-order valence-electron chi connectivity index (χ3n) is 4.24. The number of benzene rings is 3. The first kappa shape index (κ1) is 20.4. The van der Waals surface area contributed by atoms with Crippen molar-refractivity contribution >= 4 is 35.1 Å². The van der Waals surface area contributed by atoms with Crippen molar-refractivity contribution in [2.24, 2.45) is 0 Å². The Morgan fingerprint density at radius 3 is 2.28 bits per heavy atom. The van der Waals surface area contributed by atoms with Crippen LogP contribution in [0.1, 0.15) is 36.6 Å². The molecule has 0 aliphatic rings. The number of carbonyl (C=O) groups excluding carboxylic acids is 2.